The summed E-state index contributed by atoms with van der Waals surface area (Å²) in [6.45, 7) is 4.31. The number of H-pyrrole nitrogens is 1. The van der Waals surface area contributed by atoms with Gasteiger partial charge in [0.1, 0.15) is 11.4 Å². The highest BCUT2D eigenvalue weighted by Gasteiger charge is 2.19. The van der Waals surface area contributed by atoms with Crippen molar-refractivity contribution in [1.82, 2.24) is 15.2 Å². The maximum Gasteiger partial charge on any atom is 0.277 e. The Kier molecular flexibility index (Phi) is 5.39. The van der Waals surface area contributed by atoms with Crippen LogP contribution < -0.4 is 10.1 Å². The number of carbonyl (C=O) groups excluding carboxylic acids is 1. The Morgan fingerprint density at radius 1 is 1.32 bits per heavy atom. The minimum absolute atomic E-state index is 0.145. The van der Waals surface area contributed by atoms with Gasteiger partial charge in [-0.2, -0.15) is 0 Å². The third-order valence-corrected chi connectivity index (χ3v) is 4.25. The number of nitrogens with one attached hydrogen (secondary N) is 2. The van der Waals surface area contributed by atoms with Gasteiger partial charge < -0.3 is 19.5 Å². The molecular weight excluding hydrogens is 340 g/mol. The smallest absolute Gasteiger partial charge is 0.277 e. The van der Waals surface area contributed by atoms with Crippen molar-refractivity contribution < 1.29 is 13.9 Å². The molecule has 0 saturated heterocycles. The maximum absolute atomic E-state index is 12.3. The molecule has 1 atom stereocenters. The quantitative estimate of drug-likeness (QED) is 0.627. The largest absolute Gasteiger partial charge is 0.494 e. The highest BCUT2D eigenvalue weighted by atomic mass is 32.2. The highest BCUT2D eigenvalue weighted by Crippen LogP contribution is 2.26. The average Bonchev–Trinajstić information content (AvgIpc) is 3.28. The van der Waals surface area contributed by atoms with E-state index in [-0.39, 0.29) is 11.2 Å². The van der Waals surface area contributed by atoms with Crippen LogP contribution in [0.5, 0.6) is 5.75 Å². The number of benzene rings is 1. The van der Waals surface area contributed by atoms with Crippen LogP contribution in [0.2, 0.25) is 0 Å². The summed E-state index contributed by atoms with van der Waals surface area (Å²) < 4.78 is 10.9. The van der Waals surface area contributed by atoms with E-state index in [0.29, 0.717) is 23.4 Å². The lowest BCUT2D eigenvalue weighted by Gasteiger charge is -2.10. The van der Waals surface area contributed by atoms with Gasteiger partial charge in [0.2, 0.25) is 5.91 Å². The van der Waals surface area contributed by atoms with Crippen LogP contribution in [-0.2, 0) is 4.79 Å². The van der Waals surface area contributed by atoms with Gasteiger partial charge >= 0.3 is 0 Å². The Bertz CT molecular complexity index is 815. The van der Waals surface area contributed by atoms with Crippen molar-refractivity contribution in [3.05, 3.63) is 42.6 Å². The van der Waals surface area contributed by atoms with Crippen LogP contribution in [-0.4, -0.2) is 32.9 Å². The summed E-state index contributed by atoms with van der Waals surface area (Å²) >= 11 is 1.21. The fourth-order valence-electron chi connectivity index (χ4n) is 2.08. The zero-order valence-electron chi connectivity index (χ0n) is 13.9. The van der Waals surface area contributed by atoms with E-state index in [0.717, 1.165) is 11.4 Å². The topological polar surface area (TPSA) is 93.0 Å². The standard InChI is InChI=1S/C17H18N4O3S/c1-3-23-13-8-6-12(7-9-13)19-15(22)11(2)25-17-21-20-16(24-17)14-5-4-10-18-14/h4-11,18H,3H2,1-2H3,(H,19,22)/t11-/m1/s1. The predicted octanol–water partition coefficient (Wildman–Crippen LogP) is 3.58. The van der Waals surface area contributed by atoms with Gasteiger partial charge in [-0.1, -0.05) is 11.8 Å². The Hall–Kier alpha value is -2.74. The van der Waals surface area contributed by atoms with Gasteiger partial charge in [-0.15, -0.1) is 10.2 Å². The van der Waals surface area contributed by atoms with Crippen LogP contribution in [0.25, 0.3) is 11.6 Å². The van der Waals surface area contributed by atoms with Crippen LogP contribution in [0.1, 0.15) is 13.8 Å². The van der Waals surface area contributed by atoms with Crippen LogP contribution in [0.3, 0.4) is 0 Å². The molecule has 0 fully saturated rings. The molecule has 0 bridgehead atoms. The molecular formula is C17H18N4O3S. The maximum atomic E-state index is 12.3. The molecule has 2 heterocycles. The molecule has 2 aromatic heterocycles. The third-order valence-electron chi connectivity index (χ3n) is 3.31. The number of carbonyl (C=O) groups is 1. The molecule has 8 heteroatoms. The Balaban J connectivity index is 1.57. The summed E-state index contributed by atoms with van der Waals surface area (Å²) in [6.07, 6.45) is 1.78. The zero-order valence-corrected chi connectivity index (χ0v) is 14.7. The fourth-order valence-corrected chi connectivity index (χ4v) is 2.76. The monoisotopic (exact) mass is 358 g/mol. The number of hydrogen-bond donors (Lipinski definition) is 2. The van der Waals surface area contributed by atoms with E-state index in [4.69, 9.17) is 9.15 Å². The number of aromatic amines is 1. The Morgan fingerprint density at radius 2 is 2.12 bits per heavy atom. The zero-order chi connectivity index (χ0) is 17.6. The summed E-state index contributed by atoms with van der Waals surface area (Å²) in [5.41, 5.74) is 1.45. The van der Waals surface area contributed by atoms with Crippen molar-refractivity contribution in [2.45, 2.75) is 24.3 Å². The van der Waals surface area contributed by atoms with Gasteiger partial charge in [-0.3, -0.25) is 4.79 Å². The summed E-state index contributed by atoms with van der Waals surface area (Å²) in [4.78, 5) is 15.3. The number of hydrogen-bond acceptors (Lipinski definition) is 6. The molecule has 0 spiro atoms. The minimum Gasteiger partial charge on any atom is -0.494 e. The first kappa shape index (κ1) is 17.1. The minimum atomic E-state index is -0.386. The van der Waals surface area contributed by atoms with Crippen molar-refractivity contribution in [3.8, 4) is 17.3 Å². The number of anilines is 1. The number of thioether (sulfide) groups is 1. The normalized spacial score (nSPS) is 11.9. The highest BCUT2D eigenvalue weighted by molar-refractivity contribution is 8.00. The number of aromatic nitrogens is 3. The first-order chi connectivity index (χ1) is 12.2. The van der Waals surface area contributed by atoms with E-state index in [1.54, 1.807) is 25.3 Å². The molecule has 0 saturated carbocycles. The van der Waals surface area contributed by atoms with Gasteiger partial charge in [-0.25, -0.2) is 0 Å². The van der Waals surface area contributed by atoms with Gasteiger partial charge in [0.05, 0.1) is 11.9 Å². The first-order valence-electron chi connectivity index (χ1n) is 7.83. The van der Waals surface area contributed by atoms with Gasteiger partial charge in [0, 0.05) is 11.9 Å². The SMILES string of the molecule is CCOc1ccc(NC(=O)[C@@H](C)Sc2nnc(-c3ccc[nH]3)o2)cc1. The molecule has 0 unspecified atom stereocenters. The summed E-state index contributed by atoms with van der Waals surface area (Å²) in [5, 5.41) is 10.7. The molecule has 25 heavy (non-hydrogen) atoms. The van der Waals surface area contributed by atoms with Crippen molar-refractivity contribution in [2.24, 2.45) is 0 Å². The van der Waals surface area contributed by atoms with Crippen LogP contribution in [0, 0.1) is 0 Å². The second-order valence-electron chi connectivity index (χ2n) is 5.16. The van der Waals surface area contributed by atoms with Crippen LogP contribution in [0.4, 0.5) is 5.69 Å². The van der Waals surface area contributed by atoms with E-state index in [2.05, 4.69) is 20.5 Å². The Labute approximate surface area is 149 Å². The lowest BCUT2D eigenvalue weighted by molar-refractivity contribution is -0.115. The van der Waals surface area contributed by atoms with Crippen molar-refractivity contribution in [3.63, 3.8) is 0 Å². The summed E-state index contributed by atoms with van der Waals surface area (Å²) in [5.74, 6) is 1.02. The van der Waals surface area contributed by atoms with E-state index >= 15 is 0 Å². The summed E-state index contributed by atoms with van der Waals surface area (Å²) in [6, 6.07) is 10.9. The van der Waals surface area contributed by atoms with Crippen molar-refractivity contribution in [2.75, 3.05) is 11.9 Å². The molecule has 0 aliphatic heterocycles. The molecule has 7 nitrogen and oxygen atoms in total. The molecule has 1 amide bonds. The summed E-state index contributed by atoms with van der Waals surface area (Å²) in [7, 11) is 0. The molecule has 3 rings (SSSR count). The van der Waals surface area contributed by atoms with Crippen LogP contribution >= 0.6 is 11.8 Å². The van der Waals surface area contributed by atoms with E-state index in [1.807, 2.05) is 31.2 Å². The second-order valence-corrected chi connectivity index (χ2v) is 6.46. The van der Waals surface area contributed by atoms with E-state index in [1.165, 1.54) is 11.8 Å². The van der Waals surface area contributed by atoms with Gasteiger partial charge in [0.15, 0.2) is 0 Å². The molecule has 1 aromatic carbocycles. The van der Waals surface area contributed by atoms with E-state index in [9.17, 15) is 4.79 Å². The predicted molar refractivity (Wildman–Crippen MR) is 95.6 cm³/mol. The lowest BCUT2D eigenvalue weighted by atomic mass is 10.3. The van der Waals surface area contributed by atoms with Crippen molar-refractivity contribution in [1.29, 1.82) is 0 Å². The second kappa shape index (κ2) is 7.89. The number of rotatable bonds is 7. The molecule has 0 aliphatic rings. The molecule has 0 aliphatic carbocycles. The van der Waals surface area contributed by atoms with Gasteiger partial charge in [-0.05, 0) is 50.2 Å². The molecule has 3 aromatic rings. The first-order valence-corrected chi connectivity index (χ1v) is 8.71. The number of amides is 1. The molecule has 2 N–H and O–H groups in total. The number of ether oxygens (including phenoxy) is 1. The van der Waals surface area contributed by atoms with E-state index < -0.39 is 0 Å². The molecule has 130 valence electrons. The fraction of sp³-hybridized carbons (Fsp3) is 0.235. The third kappa shape index (κ3) is 4.42. The Morgan fingerprint density at radius 3 is 2.80 bits per heavy atom. The average molecular weight is 358 g/mol. The van der Waals surface area contributed by atoms with Crippen LogP contribution in [0.15, 0.2) is 52.2 Å². The van der Waals surface area contributed by atoms with Gasteiger partial charge in [0.25, 0.3) is 11.1 Å². The lowest BCUT2D eigenvalue weighted by Crippen LogP contribution is -2.22. The molecule has 0 radical (unpaired) electrons. The number of nitrogens with zero attached hydrogens (tertiary/aromatic N) is 2. The van der Waals surface area contributed by atoms with Crippen molar-refractivity contribution >= 4 is 23.4 Å².